The summed E-state index contributed by atoms with van der Waals surface area (Å²) in [4.78, 5) is 16.6. The second-order valence-corrected chi connectivity index (χ2v) is 6.63. The number of benzene rings is 2. The molecule has 0 heterocycles. The highest BCUT2D eigenvalue weighted by Gasteiger charge is 2.15. The second kappa shape index (κ2) is 8.50. The number of anilines is 1. The minimum absolute atomic E-state index is 0.0503. The van der Waals surface area contributed by atoms with E-state index in [9.17, 15) is 13.2 Å². The average molecular weight is 364 g/mol. The van der Waals surface area contributed by atoms with Gasteiger partial charge < -0.3 is 4.74 Å². The third-order valence-corrected chi connectivity index (χ3v) is 4.55. The lowest BCUT2D eigenvalue weighted by Gasteiger charge is -2.10. The molecule has 8 heteroatoms. The normalized spacial score (nSPS) is 11.0. The van der Waals surface area contributed by atoms with Crippen LogP contribution in [0.5, 0.6) is 5.75 Å². The van der Waals surface area contributed by atoms with E-state index in [1.165, 1.54) is 24.3 Å². The molecule has 2 aromatic carbocycles. The largest absolute Gasteiger partial charge is 0.494 e. The van der Waals surface area contributed by atoms with E-state index in [-0.39, 0.29) is 4.90 Å². The van der Waals surface area contributed by atoms with Gasteiger partial charge in [0.2, 0.25) is 0 Å². The van der Waals surface area contributed by atoms with Gasteiger partial charge in [-0.1, -0.05) is 0 Å². The summed E-state index contributed by atoms with van der Waals surface area (Å²) < 4.78 is 32.6. The number of carbonyl (C=O) groups excluding carboxylic acids is 1. The van der Waals surface area contributed by atoms with Gasteiger partial charge in [0.1, 0.15) is 5.75 Å². The quantitative estimate of drug-likeness (QED) is 0.702. The van der Waals surface area contributed by atoms with Crippen molar-refractivity contribution in [3.05, 3.63) is 54.1 Å². The first-order valence-electron chi connectivity index (χ1n) is 7.74. The minimum atomic E-state index is -3.75. The molecule has 2 aromatic rings. The number of ether oxygens (including phenoxy) is 1. The molecule has 0 radical (unpaired) electrons. The predicted molar refractivity (Wildman–Crippen MR) is 94.0 cm³/mol. The number of amides is 1. The zero-order valence-corrected chi connectivity index (χ0v) is 14.8. The number of hydrogen-bond donors (Lipinski definition) is 2. The molecule has 0 unspecified atom stereocenters. The highest BCUT2D eigenvalue weighted by atomic mass is 32.2. The maximum absolute atomic E-state index is 12.4. The fraction of sp³-hybridized carbons (Fsp3) is 0.235. The third-order valence-electron chi connectivity index (χ3n) is 3.15. The first-order chi connectivity index (χ1) is 12.0. The summed E-state index contributed by atoms with van der Waals surface area (Å²) in [6.45, 7) is 4.48. The molecule has 2 N–H and O–H groups in total. The van der Waals surface area contributed by atoms with E-state index in [4.69, 9.17) is 9.57 Å². The number of hydrogen-bond acceptors (Lipinski definition) is 5. The summed E-state index contributed by atoms with van der Waals surface area (Å²) in [5, 5.41) is 0. The Hall–Kier alpha value is -2.58. The van der Waals surface area contributed by atoms with Crippen LogP contribution in [0.3, 0.4) is 0 Å². The van der Waals surface area contributed by atoms with Crippen molar-refractivity contribution < 1.29 is 22.8 Å². The van der Waals surface area contributed by atoms with Crippen LogP contribution < -0.4 is 14.9 Å². The third kappa shape index (κ3) is 5.20. The van der Waals surface area contributed by atoms with Crippen molar-refractivity contribution in [3.63, 3.8) is 0 Å². The molecule has 0 spiro atoms. The molecule has 0 bridgehead atoms. The standard InChI is InChI=1S/C17H20N2O5S/c1-3-23-15-9-7-14(8-10-15)19-25(21,22)16-11-5-13(6-12-16)17(20)18-24-4-2/h5-12,19H,3-4H2,1-2H3,(H,18,20). The highest BCUT2D eigenvalue weighted by Crippen LogP contribution is 2.20. The van der Waals surface area contributed by atoms with Gasteiger partial charge in [-0.05, 0) is 62.4 Å². The van der Waals surface area contributed by atoms with Crippen LogP contribution in [0, 0.1) is 0 Å². The summed E-state index contributed by atoms with van der Waals surface area (Å²) >= 11 is 0. The Balaban J connectivity index is 2.09. The van der Waals surface area contributed by atoms with Gasteiger partial charge >= 0.3 is 0 Å². The van der Waals surface area contributed by atoms with Crippen LogP contribution in [0.2, 0.25) is 0 Å². The van der Waals surface area contributed by atoms with E-state index in [1.54, 1.807) is 31.2 Å². The van der Waals surface area contributed by atoms with Crippen molar-refractivity contribution in [1.82, 2.24) is 5.48 Å². The first kappa shape index (κ1) is 18.8. The molecule has 0 aliphatic heterocycles. The summed E-state index contributed by atoms with van der Waals surface area (Å²) in [5.41, 5.74) is 2.96. The van der Waals surface area contributed by atoms with E-state index in [0.29, 0.717) is 30.2 Å². The molecular weight excluding hydrogens is 344 g/mol. The first-order valence-corrected chi connectivity index (χ1v) is 9.22. The van der Waals surface area contributed by atoms with Crippen molar-refractivity contribution in [2.24, 2.45) is 0 Å². The molecule has 25 heavy (non-hydrogen) atoms. The fourth-order valence-corrected chi connectivity index (χ4v) is 3.04. The van der Waals surface area contributed by atoms with Gasteiger partial charge in [0, 0.05) is 11.3 Å². The van der Waals surface area contributed by atoms with Crippen molar-refractivity contribution in [2.45, 2.75) is 18.7 Å². The Kier molecular flexibility index (Phi) is 6.37. The number of carbonyl (C=O) groups is 1. The molecule has 134 valence electrons. The monoisotopic (exact) mass is 364 g/mol. The van der Waals surface area contributed by atoms with Crippen LogP contribution in [0.25, 0.3) is 0 Å². The van der Waals surface area contributed by atoms with E-state index in [1.807, 2.05) is 6.92 Å². The molecule has 0 aliphatic carbocycles. The summed E-state index contributed by atoms with van der Waals surface area (Å²) in [6, 6.07) is 12.2. The summed E-state index contributed by atoms with van der Waals surface area (Å²) in [6.07, 6.45) is 0. The number of nitrogens with one attached hydrogen (secondary N) is 2. The van der Waals surface area contributed by atoms with Gasteiger partial charge in [-0.2, -0.15) is 0 Å². The lowest BCUT2D eigenvalue weighted by atomic mass is 10.2. The fourth-order valence-electron chi connectivity index (χ4n) is 1.98. The van der Waals surface area contributed by atoms with Crippen molar-refractivity contribution in [2.75, 3.05) is 17.9 Å². The molecule has 2 rings (SSSR count). The van der Waals surface area contributed by atoms with Crippen molar-refractivity contribution in [3.8, 4) is 5.75 Å². The predicted octanol–water partition coefficient (Wildman–Crippen LogP) is 2.57. The van der Waals surface area contributed by atoms with Gasteiger partial charge in [-0.15, -0.1) is 0 Å². The number of hydroxylamine groups is 1. The molecule has 0 saturated heterocycles. The Bertz CT molecular complexity index is 802. The molecule has 0 fully saturated rings. The molecule has 0 aromatic heterocycles. The SMILES string of the molecule is CCONC(=O)c1ccc(S(=O)(=O)Nc2ccc(OCC)cc2)cc1. The summed E-state index contributed by atoms with van der Waals surface area (Å²) in [7, 11) is -3.75. The van der Waals surface area contributed by atoms with Gasteiger partial charge in [-0.25, -0.2) is 13.9 Å². The smallest absolute Gasteiger partial charge is 0.274 e. The van der Waals surface area contributed by atoms with Gasteiger partial charge in [0.25, 0.3) is 15.9 Å². The molecule has 1 amide bonds. The van der Waals surface area contributed by atoms with Crippen molar-refractivity contribution in [1.29, 1.82) is 0 Å². The Morgan fingerprint density at radius 2 is 1.60 bits per heavy atom. The average Bonchev–Trinajstić information content (AvgIpc) is 2.61. The molecular formula is C17H20N2O5S. The molecule has 0 atom stereocenters. The van der Waals surface area contributed by atoms with Gasteiger partial charge in [-0.3, -0.25) is 14.4 Å². The Labute approximate surface area is 147 Å². The Morgan fingerprint density at radius 1 is 0.960 bits per heavy atom. The van der Waals surface area contributed by atoms with E-state index >= 15 is 0 Å². The van der Waals surface area contributed by atoms with Crippen LogP contribution in [0.4, 0.5) is 5.69 Å². The van der Waals surface area contributed by atoms with Crippen molar-refractivity contribution >= 4 is 21.6 Å². The van der Waals surface area contributed by atoms with Crippen LogP contribution >= 0.6 is 0 Å². The maximum atomic E-state index is 12.4. The molecule has 0 aliphatic rings. The zero-order valence-electron chi connectivity index (χ0n) is 14.0. The number of rotatable bonds is 8. The Morgan fingerprint density at radius 3 is 2.16 bits per heavy atom. The van der Waals surface area contributed by atoms with Crippen LogP contribution in [-0.4, -0.2) is 27.5 Å². The van der Waals surface area contributed by atoms with Gasteiger partial charge in [0.15, 0.2) is 0 Å². The van der Waals surface area contributed by atoms with E-state index in [2.05, 4.69) is 10.2 Å². The van der Waals surface area contributed by atoms with E-state index in [0.717, 1.165) is 0 Å². The van der Waals surface area contributed by atoms with Crippen LogP contribution in [-0.2, 0) is 14.9 Å². The summed E-state index contributed by atoms with van der Waals surface area (Å²) in [5.74, 6) is 0.223. The number of sulfonamides is 1. The minimum Gasteiger partial charge on any atom is -0.494 e. The van der Waals surface area contributed by atoms with Crippen LogP contribution in [0.1, 0.15) is 24.2 Å². The molecule has 7 nitrogen and oxygen atoms in total. The zero-order chi connectivity index (χ0) is 18.3. The molecule has 0 saturated carbocycles. The lowest BCUT2D eigenvalue weighted by molar-refractivity contribution is 0.0364. The highest BCUT2D eigenvalue weighted by molar-refractivity contribution is 7.92. The maximum Gasteiger partial charge on any atom is 0.274 e. The van der Waals surface area contributed by atoms with Gasteiger partial charge in [0.05, 0.1) is 18.1 Å². The lowest BCUT2D eigenvalue weighted by Crippen LogP contribution is -2.23. The van der Waals surface area contributed by atoms with E-state index < -0.39 is 15.9 Å². The van der Waals surface area contributed by atoms with Crippen LogP contribution in [0.15, 0.2) is 53.4 Å². The second-order valence-electron chi connectivity index (χ2n) is 4.95. The topological polar surface area (TPSA) is 93.7 Å².